The summed E-state index contributed by atoms with van der Waals surface area (Å²) in [6, 6.07) is 19.5. The molecule has 3 aromatic rings. The lowest BCUT2D eigenvalue weighted by atomic mass is 9.87. The summed E-state index contributed by atoms with van der Waals surface area (Å²) in [4.78, 5) is 39.5. The van der Waals surface area contributed by atoms with Crippen LogP contribution in [0.5, 0.6) is 0 Å². The van der Waals surface area contributed by atoms with Crippen molar-refractivity contribution in [1.29, 1.82) is 0 Å². The van der Waals surface area contributed by atoms with E-state index in [-0.39, 0.29) is 18.9 Å². The number of rotatable bonds is 6. The average Bonchev–Trinajstić information content (AvgIpc) is 2.95. The number of ether oxygens (including phenoxy) is 1. The maximum Gasteiger partial charge on any atom is 0.326 e. The topological polar surface area (TPSA) is 83.9 Å². The summed E-state index contributed by atoms with van der Waals surface area (Å²) in [6.45, 7) is 1.54. The van der Waals surface area contributed by atoms with Crippen molar-refractivity contribution < 1.29 is 24.2 Å². The number of para-hydroxylation sites is 1. The van der Waals surface area contributed by atoms with Gasteiger partial charge in [0.15, 0.2) is 11.4 Å². The number of amides is 1. The van der Waals surface area contributed by atoms with E-state index in [1.165, 1.54) is 4.90 Å². The Bertz CT molecular complexity index is 1150. The molecule has 1 heterocycles. The smallest absolute Gasteiger partial charge is 0.326 e. The van der Waals surface area contributed by atoms with Crippen LogP contribution in [0.3, 0.4) is 0 Å². The predicted octanol–water partition coefficient (Wildman–Crippen LogP) is 3.21. The second-order valence-corrected chi connectivity index (χ2v) is 7.20. The van der Waals surface area contributed by atoms with Gasteiger partial charge in [-0.2, -0.15) is 0 Å². The summed E-state index contributed by atoms with van der Waals surface area (Å²) >= 11 is 0. The summed E-state index contributed by atoms with van der Waals surface area (Å²) in [7, 11) is 0. The molecule has 0 bridgehead atoms. The van der Waals surface area contributed by atoms with Gasteiger partial charge in [0.05, 0.1) is 18.7 Å². The molecule has 0 saturated carbocycles. The van der Waals surface area contributed by atoms with Gasteiger partial charge in [0.1, 0.15) is 6.54 Å². The molecule has 30 heavy (non-hydrogen) atoms. The number of esters is 1. The van der Waals surface area contributed by atoms with Gasteiger partial charge in [-0.25, -0.2) is 0 Å². The highest BCUT2D eigenvalue weighted by molar-refractivity contribution is 6.14. The second kappa shape index (κ2) is 7.72. The van der Waals surface area contributed by atoms with Crippen LogP contribution in [0.25, 0.3) is 10.8 Å². The van der Waals surface area contributed by atoms with E-state index in [1.54, 1.807) is 43.3 Å². The lowest BCUT2D eigenvalue weighted by Crippen LogP contribution is -2.44. The van der Waals surface area contributed by atoms with Crippen molar-refractivity contribution in [3.63, 3.8) is 0 Å². The lowest BCUT2D eigenvalue weighted by Gasteiger charge is -2.22. The minimum atomic E-state index is -2.04. The van der Waals surface area contributed by atoms with Crippen LogP contribution in [0.1, 0.15) is 29.3 Å². The first-order chi connectivity index (χ1) is 14.5. The van der Waals surface area contributed by atoms with Gasteiger partial charge in [-0.3, -0.25) is 19.3 Å². The SMILES string of the molecule is CCOC(=O)CN1C(=O)[C@](O)(CC(=O)c2cccc3ccccc23)c2ccccc21. The second-order valence-electron chi connectivity index (χ2n) is 7.20. The van der Waals surface area contributed by atoms with Crippen LogP contribution < -0.4 is 4.90 Å². The molecule has 1 N–H and O–H groups in total. The quantitative estimate of drug-likeness (QED) is 0.505. The van der Waals surface area contributed by atoms with Crippen molar-refractivity contribution in [3.8, 4) is 0 Å². The molecular weight excluding hydrogens is 382 g/mol. The molecule has 152 valence electrons. The van der Waals surface area contributed by atoms with Crippen molar-refractivity contribution in [3.05, 3.63) is 77.9 Å². The largest absolute Gasteiger partial charge is 0.465 e. The number of anilines is 1. The first-order valence-electron chi connectivity index (χ1n) is 9.76. The number of benzene rings is 3. The average molecular weight is 403 g/mol. The van der Waals surface area contributed by atoms with Gasteiger partial charge in [0.2, 0.25) is 0 Å². The third-order valence-electron chi connectivity index (χ3n) is 5.34. The molecule has 0 aliphatic carbocycles. The normalized spacial score (nSPS) is 17.8. The molecule has 0 fully saturated rings. The minimum Gasteiger partial charge on any atom is -0.465 e. The number of ketones is 1. The van der Waals surface area contributed by atoms with Crippen LogP contribution in [0.2, 0.25) is 0 Å². The molecule has 1 atom stereocenters. The summed E-state index contributed by atoms with van der Waals surface area (Å²) in [6.07, 6.45) is -0.420. The number of Topliss-reactive ketones (excluding diaryl/α,β-unsaturated/α-hetero) is 1. The lowest BCUT2D eigenvalue weighted by molar-refractivity contribution is -0.144. The number of hydrogen-bond donors (Lipinski definition) is 1. The molecule has 1 aliphatic heterocycles. The van der Waals surface area contributed by atoms with E-state index in [1.807, 2.05) is 30.3 Å². The maximum absolute atomic E-state index is 13.2. The molecule has 0 aromatic heterocycles. The van der Waals surface area contributed by atoms with Gasteiger partial charge in [-0.05, 0) is 23.8 Å². The Morgan fingerprint density at radius 1 is 1.00 bits per heavy atom. The number of carbonyl (C=O) groups excluding carboxylic acids is 3. The van der Waals surface area contributed by atoms with Crippen molar-refractivity contribution in [1.82, 2.24) is 0 Å². The van der Waals surface area contributed by atoms with Crippen molar-refractivity contribution in [2.24, 2.45) is 0 Å². The Morgan fingerprint density at radius 3 is 2.50 bits per heavy atom. The number of aliphatic hydroxyl groups is 1. The zero-order valence-electron chi connectivity index (χ0n) is 16.5. The summed E-state index contributed by atoms with van der Waals surface area (Å²) in [5, 5.41) is 13.0. The molecule has 6 nitrogen and oxygen atoms in total. The van der Waals surface area contributed by atoms with Crippen molar-refractivity contribution in [2.45, 2.75) is 18.9 Å². The third-order valence-corrected chi connectivity index (χ3v) is 5.34. The third kappa shape index (κ3) is 3.25. The van der Waals surface area contributed by atoms with Crippen LogP contribution in [0.4, 0.5) is 5.69 Å². The molecule has 0 radical (unpaired) electrons. The summed E-state index contributed by atoms with van der Waals surface area (Å²) in [5.41, 5.74) is -0.885. The molecule has 0 unspecified atom stereocenters. The van der Waals surface area contributed by atoms with Crippen LogP contribution in [0, 0.1) is 0 Å². The van der Waals surface area contributed by atoms with Crippen LogP contribution in [-0.2, 0) is 19.9 Å². The number of fused-ring (bicyclic) bond motifs is 2. The van der Waals surface area contributed by atoms with Crippen molar-refractivity contribution in [2.75, 3.05) is 18.1 Å². The molecule has 1 amide bonds. The maximum atomic E-state index is 13.2. The van der Waals surface area contributed by atoms with E-state index in [2.05, 4.69) is 0 Å². The van der Waals surface area contributed by atoms with Gasteiger partial charge >= 0.3 is 5.97 Å². The van der Waals surface area contributed by atoms with Gasteiger partial charge in [0.25, 0.3) is 5.91 Å². The molecular formula is C24H21NO5. The summed E-state index contributed by atoms with van der Waals surface area (Å²) in [5.74, 6) is -1.63. The summed E-state index contributed by atoms with van der Waals surface area (Å²) < 4.78 is 4.95. The minimum absolute atomic E-state index is 0.187. The van der Waals surface area contributed by atoms with E-state index in [9.17, 15) is 19.5 Å². The molecule has 1 aliphatic rings. The molecule has 3 aromatic carbocycles. The number of hydrogen-bond acceptors (Lipinski definition) is 5. The number of carbonyl (C=O) groups is 3. The van der Waals surface area contributed by atoms with E-state index >= 15 is 0 Å². The molecule has 6 heteroatoms. The Hall–Kier alpha value is -3.51. The Morgan fingerprint density at radius 2 is 1.70 bits per heavy atom. The Labute approximate surface area is 173 Å². The monoisotopic (exact) mass is 403 g/mol. The molecule has 0 spiro atoms. The molecule has 4 rings (SSSR count). The zero-order valence-corrected chi connectivity index (χ0v) is 16.5. The highest BCUT2D eigenvalue weighted by Gasteiger charge is 2.51. The van der Waals surface area contributed by atoms with Gasteiger partial charge in [0, 0.05) is 11.1 Å². The standard InChI is InChI=1S/C24H21NO5/c1-2-30-22(27)15-25-20-13-6-5-12-19(20)24(29,23(25)28)14-21(26)18-11-7-9-16-8-3-4-10-17(16)18/h3-13,29H,2,14-15H2,1H3/t24-/m0/s1. The zero-order chi connectivity index (χ0) is 21.3. The van der Waals surface area contributed by atoms with E-state index in [4.69, 9.17) is 4.74 Å². The first kappa shape index (κ1) is 19.8. The highest BCUT2D eigenvalue weighted by Crippen LogP contribution is 2.43. The molecule has 0 saturated heterocycles. The van der Waals surface area contributed by atoms with E-state index in [0.717, 1.165) is 10.8 Å². The van der Waals surface area contributed by atoms with Crippen LogP contribution in [0.15, 0.2) is 66.7 Å². The van der Waals surface area contributed by atoms with E-state index in [0.29, 0.717) is 16.8 Å². The Balaban J connectivity index is 1.70. The van der Waals surface area contributed by atoms with Gasteiger partial charge in [-0.15, -0.1) is 0 Å². The fourth-order valence-corrected chi connectivity index (χ4v) is 3.97. The Kier molecular flexibility index (Phi) is 5.10. The first-order valence-corrected chi connectivity index (χ1v) is 9.76. The number of nitrogens with zero attached hydrogens (tertiary/aromatic N) is 1. The van der Waals surface area contributed by atoms with Gasteiger partial charge < -0.3 is 9.84 Å². The fraction of sp³-hybridized carbons (Fsp3) is 0.208. The predicted molar refractivity (Wildman–Crippen MR) is 112 cm³/mol. The van der Waals surface area contributed by atoms with Crippen LogP contribution >= 0.6 is 0 Å². The van der Waals surface area contributed by atoms with Crippen LogP contribution in [-0.4, -0.2) is 35.9 Å². The van der Waals surface area contributed by atoms with Gasteiger partial charge in [-0.1, -0.05) is 60.7 Å². The highest BCUT2D eigenvalue weighted by atomic mass is 16.5. The fourth-order valence-electron chi connectivity index (χ4n) is 3.97. The van der Waals surface area contributed by atoms with Crippen molar-refractivity contribution >= 4 is 34.1 Å². The van der Waals surface area contributed by atoms with E-state index < -0.39 is 23.9 Å².